The van der Waals surface area contributed by atoms with Gasteiger partial charge in [-0.05, 0) is 49.4 Å². The zero-order valence-electron chi connectivity index (χ0n) is 13.0. The van der Waals surface area contributed by atoms with Gasteiger partial charge in [-0.25, -0.2) is 0 Å². The zero-order chi connectivity index (χ0) is 16.6. The molecule has 3 rings (SSSR count). The summed E-state index contributed by atoms with van der Waals surface area (Å²) in [5.41, 5.74) is 2.19. The van der Waals surface area contributed by atoms with Crippen molar-refractivity contribution in [3.8, 4) is 5.75 Å². The van der Waals surface area contributed by atoms with E-state index >= 15 is 0 Å². The van der Waals surface area contributed by atoms with Crippen molar-refractivity contribution in [3.05, 3.63) is 39.5 Å². The van der Waals surface area contributed by atoms with Gasteiger partial charge in [-0.1, -0.05) is 21.0 Å². The number of Topliss-reactive ketones (excluding diaryl/α,β-unsaturated/α-hetero) is 1. The number of aromatic nitrogens is 4. The van der Waals surface area contributed by atoms with Gasteiger partial charge in [0.25, 0.3) is 0 Å². The molecule has 0 saturated carbocycles. The Morgan fingerprint density at radius 2 is 2.26 bits per heavy atom. The van der Waals surface area contributed by atoms with Gasteiger partial charge >= 0.3 is 0 Å². The van der Waals surface area contributed by atoms with Crippen molar-refractivity contribution in [1.29, 1.82) is 0 Å². The molecule has 2 heterocycles. The molecule has 0 radical (unpaired) electrons. The summed E-state index contributed by atoms with van der Waals surface area (Å²) >= 11 is 3.48. The minimum atomic E-state index is -0.433. The molecule has 1 aliphatic rings. The minimum absolute atomic E-state index is 0.0384. The smallest absolute Gasteiger partial charge is 0.248 e. The van der Waals surface area contributed by atoms with Crippen LogP contribution in [0.3, 0.4) is 0 Å². The fourth-order valence-corrected chi connectivity index (χ4v) is 3.15. The maximum absolute atomic E-state index is 12.2. The fourth-order valence-electron chi connectivity index (χ4n) is 2.78. The number of hydrogen-bond acceptors (Lipinski definition) is 6. The van der Waals surface area contributed by atoms with E-state index in [0.29, 0.717) is 23.9 Å². The van der Waals surface area contributed by atoms with E-state index in [2.05, 4.69) is 36.8 Å². The topological polar surface area (TPSA) is 81.9 Å². The molecule has 2 aromatic rings. The quantitative estimate of drug-likeness (QED) is 0.881. The predicted molar refractivity (Wildman–Crippen MR) is 88.3 cm³/mol. The number of benzene rings is 1. The first-order valence-corrected chi connectivity index (χ1v) is 8.01. The number of hydrogen-bond donors (Lipinski definition) is 1. The Morgan fingerprint density at radius 3 is 2.96 bits per heavy atom. The lowest BCUT2D eigenvalue weighted by atomic mass is 9.92. The molecule has 1 aromatic heterocycles. The van der Waals surface area contributed by atoms with Gasteiger partial charge in [0.05, 0.1) is 6.61 Å². The first kappa shape index (κ1) is 15.7. The number of halogens is 1. The molecule has 0 amide bonds. The van der Waals surface area contributed by atoms with Crippen LogP contribution in [0.2, 0.25) is 0 Å². The highest BCUT2D eigenvalue weighted by Crippen LogP contribution is 2.39. The monoisotopic (exact) mass is 377 g/mol. The minimum Gasteiger partial charge on any atom is -0.494 e. The lowest BCUT2D eigenvalue weighted by Gasteiger charge is -2.28. The Bertz CT molecular complexity index is 799. The van der Waals surface area contributed by atoms with E-state index in [1.807, 2.05) is 32.0 Å². The van der Waals surface area contributed by atoms with Crippen LogP contribution < -0.4 is 10.1 Å². The van der Waals surface area contributed by atoms with Gasteiger partial charge in [0.15, 0.2) is 5.78 Å². The van der Waals surface area contributed by atoms with E-state index in [9.17, 15) is 4.79 Å². The number of allylic oxidation sites excluding steroid dienone is 2. The maximum atomic E-state index is 12.2. The Balaban J connectivity index is 2.24. The Hall–Kier alpha value is -2.22. The van der Waals surface area contributed by atoms with Crippen LogP contribution >= 0.6 is 15.9 Å². The predicted octanol–water partition coefficient (Wildman–Crippen LogP) is 2.71. The normalized spacial score (nSPS) is 16.8. The first-order chi connectivity index (χ1) is 11.0. The van der Waals surface area contributed by atoms with Gasteiger partial charge in [0, 0.05) is 21.3 Å². The van der Waals surface area contributed by atoms with Gasteiger partial charge in [-0.2, -0.15) is 4.68 Å². The number of carbonyl (C=O) groups excluding carboxylic acids is 1. The van der Waals surface area contributed by atoms with Crippen LogP contribution in [0, 0.1) is 0 Å². The molecule has 1 N–H and O–H groups in total. The third-order valence-corrected chi connectivity index (χ3v) is 4.15. The molecule has 1 unspecified atom stereocenters. The van der Waals surface area contributed by atoms with Crippen molar-refractivity contribution in [3.63, 3.8) is 0 Å². The summed E-state index contributed by atoms with van der Waals surface area (Å²) in [5, 5.41) is 14.8. The summed E-state index contributed by atoms with van der Waals surface area (Å²) < 4.78 is 8.24. The molecule has 7 nitrogen and oxygen atoms in total. The molecule has 0 bridgehead atoms. The highest BCUT2D eigenvalue weighted by Gasteiger charge is 2.34. The second kappa shape index (κ2) is 6.11. The molecular formula is C15H16BrN5O2. The Morgan fingerprint density at radius 1 is 1.48 bits per heavy atom. The molecule has 1 atom stereocenters. The van der Waals surface area contributed by atoms with E-state index in [4.69, 9.17) is 4.74 Å². The van der Waals surface area contributed by atoms with Crippen molar-refractivity contribution in [2.24, 2.45) is 0 Å². The van der Waals surface area contributed by atoms with Crippen molar-refractivity contribution < 1.29 is 9.53 Å². The van der Waals surface area contributed by atoms with Gasteiger partial charge in [-0.15, -0.1) is 0 Å². The van der Waals surface area contributed by atoms with E-state index in [0.717, 1.165) is 15.7 Å². The van der Waals surface area contributed by atoms with Gasteiger partial charge in [0.2, 0.25) is 5.95 Å². The van der Waals surface area contributed by atoms with E-state index < -0.39 is 6.04 Å². The summed E-state index contributed by atoms with van der Waals surface area (Å²) in [6, 6.07) is 5.28. The summed E-state index contributed by atoms with van der Waals surface area (Å²) in [5.74, 6) is 1.17. The van der Waals surface area contributed by atoms with Crippen LogP contribution in [0.25, 0.3) is 0 Å². The number of rotatable bonds is 4. The summed E-state index contributed by atoms with van der Waals surface area (Å²) in [6.45, 7) is 5.84. The Kier molecular flexibility index (Phi) is 4.16. The molecular weight excluding hydrogens is 362 g/mol. The number of anilines is 1. The molecule has 8 heteroatoms. The zero-order valence-corrected chi connectivity index (χ0v) is 14.6. The second-order valence-electron chi connectivity index (χ2n) is 5.18. The number of ether oxygens (including phenoxy) is 1. The molecule has 0 fully saturated rings. The number of nitrogens with zero attached hydrogens (tertiary/aromatic N) is 4. The molecule has 1 aliphatic heterocycles. The van der Waals surface area contributed by atoms with Crippen LogP contribution in [-0.2, 0) is 4.79 Å². The number of carbonyl (C=O) groups is 1. The molecule has 0 aliphatic carbocycles. The highest BCUT2D eigenvalue weighted by atomic mass is 79.9. The average molecular weight is 378 g/mol. The molecule has 0 saturated heterocycles. The van der Waals surface area contributed by atoms with Crippen LogP contribution in [0.1, 0.15) is 32.4 Å². The fraction of sp³-hybridized carbons (Fsp3) is 0.333. The van der Waals surface area contributed by atoms with Crippen molar-refractivity contribution >= 4 is 27.7 Å². The molecule has 23 heavy (non-hydrogen) atoms. The molecule has 120 valence electrons. The van der Waals surface area contributed by atoms with Gasteiger partial charge < -0.3 is 10.1 Å². The van der Waals surface area contributed by atoms with E-state index in [-0.39, 0.29) is 5.78 Å². The molecule has 0 spiro atoms. The molecule has 1 aromatic carbocycles. The lowest BCUT2D eigenvalue weighted by molar-refractivity contribution is -0.114. The van der Waals surface area contributed by atoms with Gasteiger partial charge in [-0.3, -0.25) is 4.79 Å². The number of fused-ring (bicyclic) bond motifs is 1. The maximum Gasteiger partial charge on any atom is 0.248 e. The van der Waals surface area contributed by atoms with Crippen molar-refractivity contribution in [1.82, 2.24) is 20.2 Å². The second-order valence-corrected chi connectivity index (χ2v) is 6.10. The van der Waals surface area contributed by atoms with Crippen LogP contribution in [0.5, 0.6) is 5.75 Å². The first-order valence-electron chi connectivity index (χ1n) is 7.21. The van der Waals surface area contributed by atoms with Crippen LogP contribution in [0.15, 0.2) is 33.9 Å². The van der Waals surface area contributed by atoms with Crippen molar-refractivity contribution in [2.75, 3.05) is 11.9 Å². The van der Waals surface area contributed by atoms with Crippen LogP contribution in [-0.4, -0.2) is 32.6 Å². The third-order valence-electron chi connectivity index (χ3n) is 3.66. The van der Waals surface area contributed by atoms with Crippen molar-refractivity contribution in [2.45, 2.75) is 26.8 Å². The van der Waals surface area contributed by atoms with E-state index in [1.54, 1.807) is 11.6 Å². The van der Waals surface area contributed by atoms with E-state index in [1.165, 1.54) is 0 Å². The standard InChI is InChI=1S/C15H16BrN5O2/c1-4-23-12-6-5-10(16)7-11(12)14-13(9(3)22)8(2)17-15-18-19-20-21(14)15/h5-7,14H,4H2,1-3H3,(H,17,18,20). The summed E-state index contributed by atoms with van der Waals surface area (Å²) in [6.07, 6.45) is 0. The lowest BCUT2D eigenvalue weighted by Crippen LogP contribution is -2.28. The highest BCUT2D eigenvalue weighted by molar-refractivity contribution is 9.10. The third kappa shape index (κ3) is 2.74. The number of tetrazole rings is 1. The van der Waals surface area contributed by atoms with Gasteiger partial charge in [0.1, 0.15) is 11.8 Å². The average Bonchev–Trinajstić information content (AvgIpc) is 2.95. The summed E-state index contributed by atoms with van der Waals surface area (Å²) in [7, 11) is 0. The Labute approximate surface area is 141 Å². The largest absolute Gasteiger partial charge is 0.494 e. The SMILES string of the molecule is CCOc1ccc(Br)cc1C1C(C(C)=O)=C(C)Nc2nnnn21. The van der Waals surface area contributed by atoms with Crippen LogP contribution in [0.4, 0.5) is 5.95 Å². The number of nitrogens with one attached hydrogen (secondary N) is 1. The summed E-state index contributed by atoms with van der Waals surface area (Å²) in [4.78, 5) is 12.2. The number of ketones is 1.